The minimum atomic E-state index is -4.88. The van der Waals surface area contributed by atoms with E-state index in [4.69, 9.17) is 0 Å². The fraction of sp³-hybridized carbons (Fsp3) is 0.111. The predicted octanol–water partition coefficient (Wildman–Crippen LogP) is 9.61. The van der Waals surface area contributed by atoms with Gasteiger partial charge in [-0.05, 0) is 133 Å². The number of rotatable bonds is 20. The summed E-state index contributed by atoms with van der Waals surface area (Å²) in [5, 5.41) is 90.0. The van der Waals surface area contributed by atoms with Crippen molar-refractivity contribution < 1.29 is 75.8 Å². The lowest BCUT2D eigenvalue weighted by Crippen LogP contribution is -2.16. The average molecular weight is 1240 g/mol. The number of hydrogen-bond donors (Lipinski definition) is 12. The van der Waals surface area contributed by atoms with E-state index in [0.717, 1.165) is 60.7 Å². The standard InChI is InChI=1S/C54H46N16O16S2/c1-23-11-25-19-35(87(81,82)83)21-37(39(25)43(71)41(23)67-65-33-15-27(45(73)74)13-28(16-33)46(75)76)57-51-59-49(61-53(63-51)69(3)4)55-31-7-9-32(10-8-31)56-50-60-52(64-54(62-50)70(5)6)58-38-22-36(88(84,85)86)20-26-12-24(2)42(44(72)40(26)38)68-66-34-17-29(47(77)78)14-30(18-34)48(79)80/h7-22,71-72H,1-6H3,(H,73,74)(H,75,76)(H,77,78)(H,79,80)(H,81,82,83)(H,84,85,86)(H2,55,57,59,61,63)(H2,56,58,60,62,64). The molecule has 0 saturated carbocycles. The summed E-state index contributed by atoms with van der Waals surface area (Å²) < 4.78 is 70.7. The van der Waals surface area contributed by atoms with Gasteiger partial charge in [0, 0.05) is 50.3 Å². The molecule has 2 heterocycles. The first kappa shape index (κ1) is 61.0. The predicted molar refractivity (Wildman–Crippen MR) is 317 cm³/mol. The summed E-state index contributed by atoms with van der Waals surface area (Å²) in [6.45, 7) is 3.00. The third-order valence-electron chi connectivity index (χ3n) is 12.6. The Bertz CT molecular complexity index is 4360. The number of aromatic nitrogens is 6. The number of carbonyl (C=O) groups is 4. The number of benzene rings is 7. The van der Waals surface area contributed by atoms with Crippen LogP contribution in [0.15, 0.2) is 127 Å². The molecule has 0 saturated heterocycles. The Labute approximate surface area is 495 Å². The van der Waals surface area contributed by atoms with Gasteiger partial charge < -0.3 is 61.7 Å². The zero-order valence-electron chi connectivity index (χ0n) is 46.3. The van der Waals surface area contributed by atoms with Crippen LogP contribution in [0.3, 0.4) is 0 Å². The van der Waals surface area contributed by atoms with Crippen LogP contribution >= 0.6 is 0 Å². The monoisotopic (exact) mass is 1240 g/mol. The van der Waals surface area contributed by atoms with Gasteiger partial charge in [0.2, 0.25) is 35.7 Å². The lowest BCUT2D eigenvalue weighted by Gasteiger charge is -2.17. The van der Waals surface area contributed by atoms with Gasteiger partial charge in [-0.2, -0.15) is 57.0 Å². The molecule has 32 nitrogen and oxygen atoms in total. The van der Waals surface area contributed by atoms with Gasteiger partial charge in [0.05, 0.1) is 54.8 Å². The summed E-state index contributed by atoms with van der Waals surface area (Å²) in [4.78, 5) is 75.6. The summed E-state index contributed by atoms with van der Waals surface area (Å²) in [5.74, 6) is -7.22. The number of nitrogens with one attached hydrogen (secondary N) is 4. The van der Waals surface area contributed by atoms with Gasteiger partial charge in [-0.3, -0.25) is 9.11 Å². The van der Waals surface area contributed by atoms with E-state index in [1.165, 1.54) is 35.8 Å². The number of phenols is 2. The molecule has 0 bridgehead atoms. The van der Waals surface area contributed by atoms with E-state index in [1.807, 2.05) is 0 Å². The zero-order chi connectivity index (χ0) is 63.8. The number of aromatic carboxylic acids is 4. The van der Waals surface area contributed by atoms with Crippen LogP contribution in [0.1, 0.15) is 52.6 Å². The number of anilines is 10. The first-order valence-corrected chi connectivity index (χ1v) is 27.9. The Morgan fingerprint density at radius 3 is 1.02 bits per heavy atom. The first-order chi connectivity index (χ1) is 41.4. The SMILES string of the molecule is Cc1cc2cc(S(=O)(=O)O)cc(Nc3nc(Nc4ccc(Nc5nc(Nc6cc(S(=O)(=O)O)cc7cc(C)c(N=Nc8cc(C(=O)O)cc(C(=O)O)c8)c(O)c67)nc(N(C)C)n5)cc4)nc(N(C)C)n3)c2c(O)c1N=Nc1cc(C(=O)O)cc(C(=O)O)c1. The lowest BCUT2D eigenvalue weighted by molar-refractivity contribution is 0.0676. The molecule has 0 atom stereocenters. The highest BCUT2D eigenvalue weighted by Crippen LogP contribution is 2.46. The number of nitrogens with zero attached hydrogens (tertiary/aromatic N) is 12. The van der Waals surface area contributed by atoms with Crippen molar-refractivity contribution in [1.29, 1.82) is 0 Å². The van der Waals surface area contributed by atoms with Crippen LogP contribution in [-0.4, -0.2) is 139 Å². The number of carboxylic acids is 4. The summed E-state index contributed by atoms with van der Waals surface area (Å²) in [6, 6.07) is 19.6. The highest BCUT2D eigenvalue weighted by molar-refractivity contribution is 7.86. The Morgan fingerprint density at radius 2 is 0.739 bits per heavy atom. The van der Waals surface area contributed by atoms with Crippen molar-refractivity contribution in [2.24, 2.45) is 20.5 Å². The molecule has 2 aromatic heterocycles. The molecule has 0 spiro atoms. The lowest BCUT2D eigenvalue weighted by atomic mass is 10.0. The number of fused-ring (bicyclic) bond motifs is 2. The molecule has 0 amide bonds. The summed E-state index contributed by atoms with van der Waals surface area (Å²) in [6.07, 6.45) is 0. The Balaban J connectivity index is 1.01. The summed E-state index contributed by atoms with van der Waals surface area (Å²) >= 11 is 0. The van der Waals surface area contributed by atoms with Gasteiger partial charge >= 0.3 is 23.9 Å². The van der Waals surface area contributed by atoms with E-state index in [-0.39, 0.29) is 102 Å². The third-order valence-corrected chi connectivity index (χ3v) is 14.2. The number of aromatic hydroxyl groups is 2. The van der Waals surface area contributed by atoms with Crippen LogP contribution in [0, 0.1) is 13.8 Å². The van der Waals surface area contributed by atoms with Crippen molar-refractivity contribution in [1.82, 2.24) is 29.9 Å². The molecule has 0 radical (unpaired) electrons. The fourth-order valence-corrected chi connectivity index (χ4v) is 9.61. The van der Waals surface area contributed by atoms with Crippen molar-refractivity contribution in [2.45, 2.75) is 23.6 Å². The number of azo groups is 2. The molecule has 0 aliphatic heterocycles. The van der Waals surface area contributed by atoms with Gasteiger partial charge in [0.15, 0.2) is 11.5 Å². The number of phenolic OH excluding ortho intramolecular Hbond substituents is 2. The van der Waals surface area contributed by atoms with Crippen LogP contribution < -0.4 is 31.1 Å². The molecule has 34 heteroatoms. The second-order valence-electron chi connectivity index (χ2n) is 19.5. The van der Waals surface area contributed by atoms with E-state index >= 15 is 0 Å². The van der Waals surface area contributed by atoms with Gasteiger partial charge in [-0.15, -0.1) is 10.2 Å². The summed E-state index contributed by atoms with van der Waals surface area (Å²) in [7, 11) is -3.24. The summed E-state index contributed by atoms with van der Waals surface area (Å²) in [5.41, 5.74) is -1.34. The maximum atomic E-state index is 12.6. The van der Waals surface area contributed by atoms with Crippen LogP contribution in [0.2, 0.25) is 0 Å². The van der Waals surface area contributed by atoms with Crippen molar-refractivity contribution in [3.05, 3.63) is 130 Å². The van der Waals surface area contributed by atoms with E-state index < -0.39 is 87.7 Å². The maximum absolute atomic E-state index is 12.6. The van der Waals surface area contributed by atoms with Crippen LogP contribution in [-0.2, 0) is 20.2 Å². The topological polar surface area (TPSA) is 480 Å². The zero-order valence-corrected chi connectivity index (χ0v) is 47.9. The number of aryl methyl sites for hydroxylation is 2. The quantitative estimate of drug-likeness (QED) is 0.0249. The smallest absolute Gasteiger partial charge is 0.335 e. The van der Waals surface area contributed by atoms with E-state index in [2.05, 4.69) is 71.6 Å². The second kappa shape index (κ2) is 23.8. The van der Waals surface area contributed by atoms with Crippen molar-refractivity contribution in [2.75, 3.05) is 59.3 Å². The first-order valence-electron chi connectivity index (χ1n) is 25.1. The van der Waals surface area contributed by atoms with Crippen LogP contribution in [0.4, 0.5) is 81.2 Å². The average Bonchev–Trinajstić information content (AvgIpc) is 0.813. The van der Waals surface area contributed by atoms with Gasteiger partial charge in [-0.25, -0.2) is 19.2 Å². The van der Waals surface area contributed by atoms with Gasteiger partial charge in [0.25, 0.3) is 20.2 Å². The van der Waals surface area contributed by atoms with Crippen molar-refractivity contribution in [3.8, 4) is 11.5 Å². The molecule has 9 aromatic rings. The highest BCUT2D eigenvalue weighted by atomic mass is 32.2. The third kappa shape index (κ3) is 13.5. The molecule has 0 aliphatic carbocycles. The van der Waals surface area contributed by atoms with E-state index in [9.17, 15) is 75.8 Å². The molecule has 0 unspecified atom stereocenters. The molecule has 0 aliphatic rings. The van der Waals surface area contributed by atoms with Crippen LogP contribution in [0.5, 0.6) is 11.5 Å². The van der Waals surface area contributed by atoms with Gasteiger partial charge in [0.1, 0.15) is 11.4 Å². The number of hydrogen-bond acceptors (Lipinski definition) is 26. The fourth-order valence-electron chi connectivity index (χ4n) is 8.53. The molecular weight excluding hydrogens is 1190 g/mol. The Hall–Kier alpha value is -11.6. The molecule has 88 heavy (non-hydrogen) atoms. The van der Waals surface area contributed by atoms with Crippen molar-refractivity contribution in [3.63, 3.8) is 0 Å². The van der Waals surface area contributed by atoms with E-state index in [0.29, 0.717) is 11.4 Å². The minimum Gasteiger partial charge on any atom is -0.505 e. The Kier molecular flexibility index (Phi) is 16.5. The Morgan fingerprint density at radius 1 is 0.432 bits per heavy atom. The van der Waals surface area contributed by atoms with Crippen molar-refractivity contribution >= 4 is 147 Å². The molecule has 12 N–H and O–H groups in total. The minimum absolute atomic E-state index is 0.0540. The highest BCUT2D eigenvalue weighted by Gasteiger charge is 2.24. The van der Waals surface area contributed by atoms with E-state index in [1.54, 1.807) is 52.5 Å². The molecule has 9 rings (SSSR count). The van der Waals surface area contributed by atoms with Gasteiger partial charge in [-0.1, -0.05) is 0 Å². The molecule has 450 valence electrons. The number of carboxylic acid groups (broad SMARTS) is 4. The maximum Gasteiger partial charge on any atom is 0.335 e. The molecule has 0 fully saturated rings. The molecule has 7 aromatic carbocycles. The second-order valence-corrected chi connectivity index (χ2v) is 22.3. The van der Waals surface area contributed by atoms with Crippen LogP contribution in [0.25, 0.3) is 21.5 Å². The molecular formula is C54H46N16O16S2. The normalized spacial score (nSPS) is 11.7. The largest absolute Gasteiger partial charge is 0.505 e.